The van der Waals surface area contributed by atoms with Gasteiger partial charge in [0.25, 0.3) is 0 Å². The Morgan fingerprint density at radius 3 is 2.54 bits per heavy atom. The van der Waals surface area contributed by atoms with Crippen LogP contribution < -0.4 is 20.1 Å². The van der Waals surface area contributed by atoms with E-state index in [2.05, 4.69) is 34.4 Å². The lowest BCUT2D eigenvalue weighted by atomic mass is 10.2. The van der Waals surface area contributed by atoms with E-state index in [0.717, 1.165) is 42.5 Å². The molecule has 0 unspecified atom stereocenters. The molecular formula is C21H37N5O2. The minimum absolute atomic E-state index is 0.559. The largest absolute Gasteiger partial charge is 0.497 e. The molecule has 2 N–H and O–H groups in total. The number of ether oxygens (including phenoxy) is 2. The first-order chi connectivity index (χ1) is 13.7. The van der Waals surface area contributed by atoms with Crippen LogP contribution in [0.15, 0.2) is 23.2 Å². The van der Waals surface area contributed by atoms with Gasteiger partial charge in [-0.3, -0.25) is 0 Å². The summed E-state index contributed by atoms with van der Waals surface area (Å²) in [5.74, 6) is 2.43. The zero-order valence-electron chi connectivity index (χ0n) is 18.0. The van der Waals surface area contributed by atoms with Gasteiger partial charge in [0.15, 0.2) is 5.96 Å². The van der Waals surface area contributed by atoms with E-state index in [1.54, 1.807) is 14.2 Å². The highest BCUT2D eigenvalue weighted by Gasteiger charge is 2.12. The van der Waals surface area contributed by atoms with Crippen molar-refractivity contribution in [1.29, 1.82) is 0 Å². The van der Waals surface area contributed by atoms with E-state index in [9.17, 15) is 0 Å². The number of hydrogen-bond acceptors (Lipinski definition) is 5. The van der Waals surface area contributed by atoms with E-state index in [1.807, 2.05) is 18.2 Å². The Bertz CT molecular complexity index is 600. The molecule has 1 fully saturated rings. The van der Waals surface area contributed by atoms with Crippen molar-refractivity contribution in [3.8, 4) is 11.5 Å². The van der Waals surface area contributed by atoms with Crippen LogP contribution in [0.25, 0.3) is 0 Å². The summed E-state index contributed by atoms with van der Waals surface area (Å²) < 4.78 is 10.7. The number of methoxy groups -OCH3 is 2. The Morgan fingerprint density at radius 1 is 1.07 bits per heavy atom. The van der Waals surface area contributed by atoms with Crippen molar-refractivity contribution < 1.29 is 9.47 Å². The first kappa shape index (κ1) is 22.3. The van der Waals surface area contributed by atoms with Crippen LogP contribution in [-0.4, -0.2) is 82.8 Å². The van der Waals surface area contributed by atoms with Crippen molar-refractivity contribution in [2.45, 2.75) is 26.3 Å². The summed E-state index contributed by atoms with van der Waals surface area (Å²) in [7, 11) is 5.53. The van der Waals surface area contributed by atoms with Crippen molar-refractivity contribution in [2.24, 2.45) is 4.99 Å². The Morgan fingerprint density at radius 2 is 1.86 bits per heavy atom. The molecular weight excluding hydrogens is 354 g/mol. The molecule has 1 aromatic rings. The Labute approximate surface area is 170 Å². The summed E-state index contributed by atoms with van der Waals surface area (Å²) in [6.07, 6.45) is 2.35. The summed E-state index contributed by atoms with van der Waals surface area (Å²) in [5.41, 5.74) is 1.04. The molecule has 7 nitrogen and oxygen atoms in total. The number of likely N-dealkylation sites (N-methyl/N-ethyl adjacent to an activating group) is 1. The predicted octanol–water partition coefficient (Wildman–Crippen LogP) is 1.79. The van der Waals surface area contributed by atoms with Crippen molar-refractivity contribution in [2.75, 3.05) is 67.1 Å². The zero-order valence-corrected chi connectivity index (χ0v) is 18.0. The molecule has 1 aromatic carbocycles. The van der Waals surface area contributed by atoms with Gasteiger partial charge in [-0.1, -0.05) is 0 Å². The number of unbranched alkanes of at least 4 members (excludes halogenated alkanes) is 1. The van der Waals surface area contributed by atoms with E-state index >= 15 is 0 Å². The van der Waals surface area contributed by atoms with E-state index in [4.69, 9.17) is 14.5 Å². The van der Waals surface area contributed by atoms with Gasteiger partial charge in [0.05, 0.1) is 20.8 Å². The van der Waals surface area contributed by atoms with Crippen LogP contribution in [0.4, 0.5) is 0 Å². The molecule has 7 heteroatoms. The maximum atomic E-state index is 5.46. The normalized spacial score (nSPS) is 16.1. The number of piperazine rings is 1. The molecule has 2 rings (SSSR count). The minimum Gasteiger partial charge on any atom is -0.497 e. The van der Waals surface area contributed by atoms with Gasteiger partial charge in [-0.05, 0) is 45.5 Å². The topological polar surface area (TPSA) is 61.4 Å². The van der Waals surface area contributed by atoms with Crippen LogP contribution in [0.5, 0.6) is 11.5 Å². The molecule has 0 aromatic heterocycles. The SMILES string of the molecule is CCNC(=NCc1ccc(OC)cc1OC)NCCCCN1CCN(C)CC1. The molecule has 1 heterocycles. The fourth-order valence-corrected chi connectivity index (χ4v) is 3.23. The second-order valence-electron chi connectivity index (χ2n) is 7.15. The molecule has 1 saturated heterocycles. The molecule has 0 bridgehead atoms. The number of nitrogens with one attached hydrogen (secondary N) is 2. The highest BCUT2D eigenvalue weighted by molar-refractivity contribution is 5.79. The average molecular weight is 392 g/mol. The van der Waals surface area contributed by atoms with Crippen LogP contribution in [0.2, 0.25) is 0 Å². The quantitative estimate of drug-likeness (QED) is 0.360. The van der Waals surface area contributed by atoms with Crippen molar-refractivity contribution >= 4 is 5.96 Å². The molecule has 0 amide bonds. The molecule has 1 aliphatic heterocycles. The van der Waals surface area contributed by atoms with Crippen molar-refractivity contribution in [3.05, 3.63) is 23.8 Å². The number of hydrogen-bond donors (Lipinski definition) is 2. The number of rotatable bonds is 10. The van der Waals surface area contributed by atoms with E-state index in [1.165, 1.54) is 39.1 Å². The maximum absolute atomic E-state index is 5.46. The molecule has 1 aliphatic rings. The number of aliphatic imine (C=N–C) groups is 1. The fourth-order valence-electron chi connectivity index (χ4n) is 3.23. The van der Waals surface area contributed by atoms with E-state index < -0.39 is 0 Å². The minimum atomic E-state index is 0.559. The molecule has 0 radical (unpaired) electrons. The third-order valence-electron chi connectivity index (χ3n) is 5.04. The maximum Gasteiger partial charge on any atom is 0.191 e. The second-order valence-corrected chi connectivity index (χ2v) is 7.15. The number of nitrogens with zero attached hydrogens (tertiary/aromatic N) is 3. The number of guanidine groups is 1. The van der Waals surface area contributed by atoms with Crippen molar-refractivity contribution in [3.63, 3.8) is 0 Å². The van der Waals surface area contributed by atoms with Crippen molar-refractivity contribution in [1.82, 2.24) is 20.4 Å². The van der Waals surface area contributed by atoms with Gasteiger partial charge < -0.3 is 29.9 Å². The fraction of sp³-hybridized carbons (Fsp3) is 0.667. The lowest BCUT2D eigenvalue weighted by molar-refractivity contribution is 0.152. The summed E-state index contributed by atoms with van der Waals surface area (Å²) >= 11 is 0. The zero-order chi connectivity index (χ0) is 20.2. The lowest BCUT2D eigenvalue weighted by Crippen LogP contribution is -2.44. The van der Waals surface area contributed by atoms with Gasteiger partial charge in [0.1, 0.15) is 11.5 Å². The first-order valence-electron chi connectivity index (χ1n) is 10.3. The Kier molecular flexibility index (Phi) is 9.93. The summed E-state index contributed by atoms with van der Waals surface area (Å²) in [4.78, 5) is 9.66. The van der Waals surface area contributed by atoms with Crippen LogP contribution in [-0.2, 0) is 6.54 Å². The van der Waals surface area contributed by atoms with Gasteiger partial charge in [0, 0.05) is 50.9 Å². The Hall–Kier alpha value is -1.99. The number of benzene rings is 1. The average Bonchev–Trinajstić information content (AvgIpc) is 2.72. The first-order valence-corrected chi connectivity index (χ1v) is 10.3. The highest BCUT2D eigenvalue weighted by atomic mass is 16.5. The predicted molar refractivity (Wildman–Crippen MR) is 116 cm³/mol. The second kappa shape index (κ2) is 12.5. The lowest BCUT2D eigenvalue weighted by Gasteiger charge is -2.32. The molecule has 0 saturated carbocycles. The van der Waals surface area contributed by atoms with E-state index in [-0.39, 0.29) is 0 Å². The van der Waals surface area contributed by atoms with E-state index in [0.29, 0.717) is 6.54 Å². The van der Waals surface area contributed by atoms with Gasteiger partial charge in [0.2, 0.25) is 0 Å². The van der Waals surface area contributed by atoms with Crippen LogP contribution >= 0.6 is 0 Å². The summed E-state index contributed by atoms with van der Waals surface area (Å²) in [5, 5.41) is 6.76. The van der Waals surface area contributed by atoms with Gasteiger partial charge in [-0.2, -0.15) is 0 Å². The van der Waals surface area contributed by atoms with Crippen LogP contribution in [0.1, 0.15) is 25.3 Å². The van der Waals surface area contributed by atoms with Gasteiger partial charge in [-0.15, -0.1) is 0 Å². The smallest absolute Gasteiger partial charge is 0.191 e. The highest BCUT2D eigenvalue weighted by Crippen LogP contribution is 2.25. The molecule has 0 aliphatic carbocycles. The third-order valence-corrected chi connectivity index (χ3v) is 5.04. The van der Waals surface area contributed by atoms with Crippen LogP contribution in [0, 0.1) is 0 Å². The molecule has 28 heavy (non-hydrogen) atoms. The molecule has 0 spiro atoms. The monoisotopic (exact) mass is 391 g/mol. The van der Waals surface area contributed by atoms with Crippen LogP contribution in [0.3, 0.4) is 0 Å². The summed E-state index contributed by atoms with van der Waals surface area (Å²) in [6.45, 7) is 10.4. The van der Waals surface area contributed by atoms with Gasteiger partial charge in [-0.25, -0.2) is 4.99 Å². The molecule has 0 atom stereocenters. The molecule has 158 valence electrons. The summed E-state index contributed by atoms with van der Waals surface area (Å²) in [6, 6.07) is 5.83. The third kappa shape index (κ3) is 7.56. The Balaban J connectivity index is 1.76. The standard InChI is InChI=1S/C21H37N5O2/c1-5-22-21(23-10-6-7-11-26-14-12-25(2)13-15-26)24-17-18-8-9-19(27-3)16-20(18)28-4/h8-9,16H,5-7,10-15,17H2,1-4H3,(H2,22,23,24). The van der Waals surface area contributed by atoms with Gasteiger partial charge >= 0.3 is 0 Å².